The lowest BCUT2D eigenvalue weighted by Crippen LogP contribution is -2.31. The van der Waals surface area contributed by atoms with Crippen LogP contribution < -0.4 is 11.2 Å². The third-order valence-electron chi connectivity index (χ3n) is 3.30. The molecule has 24 heavy (non-hydrogen) atoms. The van der Waals surface area contributed by atoms with Gasteiger partial charge in [0.05, 0.1) is 11.4 Å². The molecule has 6 nitrogen and oxygen atoms in total. The zero-order chi connectivity index (χ0) is 17.1. The predicted octanol–water partition coefficient (Wildman–Crippen LogP) is 2.64. The average molecular weight is 342 g/mol. The third kappa shape index (κ3) is 3.13. The highest BCUT2D eigenvalue weighted by molar-refractivity contribution is 6.30. The van der Waals surface area contributed by atoms with Gasteiger partial charge in [-0.2, -0.15) is 0 Å². The van der Waals surface area contributed by atoms with E-state index in [2.05, 4.69) is 9.98 Å². The molecule has 2 N–H and O–H groups in total. The number of aromatic amines is 1. The fourth-order valence-corrected chi connectivity index (χ4v) is 2.26. The Morgan fingerprint density at radius 1 is 1.04 bits per heavy atom. The van der Waals surface area contributed by atoms with Crippen molar-refractivity contribution in [1.82, 2.24) is 9.55 Å². The van der Waals surface area contributed by atoms with Crippen molar-refractivity contribution in [2.24, 2.45) is 4.99 Å². The first-order valence-corrected chi connectivity index (χ1v) is 7.37. The number of H-pyrrole nitrogens is 1. The quantitative estimate of drug-likeness (QED) is 0.718. The molecule has 0 spiro atoms. The van der Waals surface area contributed by atoms with Crippen LogP contribution >= 0.6 is 11.6 Å². The second-order valence-corrected chi connectivity index (χ2v) is 5.34. The summed E-state index contributed by atoms with van der Waals surface area (Å²) in [6.45, 7) is 0. The monoisotopic (exact) mass is 341 g/mol. The molecule has 0 bridgehead atoms. The predicted molar refractivity (Wildman–Crippen MR) is 93.0 cm³/mol. The van der Waals surface area contributed by atoms with Crippen molar-refractivity contribution in [3.8, 4) is 11.6 Å². The van der Waals surface area contributed by atoms with E-state index in [1.165, 1.54) is 6.21 Å². The highest BCUT2D eigenvalue weighted by Gasteiger charge is 2.13. The van der Waals surface area contributed by atoms with Crippen LogP contribution in [0.25, 0.3) is 5.69 Å². The maximum Gasteiger partial charge on any atom is 0.335 e. The fraction of sp³-hybridized carbons (Fsp3) is 0. The second-order valence-electron chi connectivity index (χ2n) is 4.90. The molecular formula is C17H12ClN3O3. The summed E-state index contributed by atoms with van der Waals surface area (Å²) in [5.41, 5.74) is -0.587. The van der Waals surface area contributed by atoms with Crippen molar-refractivity contribution in [1.29, 1.82) is 0 Å². The molecule has 0 saturated carbocycles. The highest BCUT2D eigenvalue weighted by atomic mass is 35.5. The van der Waals surface area contributed by atoms with Gasteiger partial charge in [-0.3, -0.25) is 14.8 Å². The van der Waals surface area contributed by atoms with Gasteiger partial charge in [0.1, 0.15) is 5.56 Å². The Bertz CT molecular complexity index is 1010. The van der Waals surface area contributed by atoms with Crippen molar-refractivity contribution < 1.29 is 5.11 Å². The second kappa shape index (κ2) is 6.55. The van der Waals surface area contributed by atoms with E-state index in [4.69, 9.17) is 11.6 Å². The van der Waals surface area contributed by atoms with Crippen molar-refractivity contribution in [3.05, 3.63) is 86.0 Å². The van der Waals surface area contributed by atoms with Crippen molar-refractivity contribution in [2.45, 2.75) is 0 Å². The van der Waals surface area contributed by atoms with Crippen LogP contribution in [0.1, 0.15) is 5.56 Å². The van der Waals surface area contributed by atoms with Crippen LogP contribution in [0.15, 0.2) is 69.2 Å². The summed E-state index contributed by atoms with van der Waals surface area (Å²) >= 11 is 5.80. The van der Waals surface area contributed by atoms with E-state index >= 15 is 0 Å². The Kier molecular flexibility index (Phi) is 4.31. The van der Waals surface area contributed by atoms with E-state index in [0.29, 0.717) is 16.4 Å². The third-order valence-corrected chi connectivity index (χ3v) is 3.56. The smallest absolute Gasteiger partial charge is 0.335 e. The maximum atomic E-state index is 12.0. The van der Waals surface area contributed by atoms with Crippen LogP contribution in [0.3, 0.4) is 0 Å². The van der Waals surface area contributed by atoms with E-state index in [-0.39, 0.29) is 5.56 Å². The normalized spacial score (nSPS) is 11.0. The van der Waals surface area contributed by atoms with Gasteiger partial charge in [-0.15, -0.1) is 0 Å². The Labute approximate surface area is 141 Å². The van der Waals surface area contributed by atoms with Gasteiger partial charge in [0.2, 0.25) is 5.88 Å². The minimum atomic E-state index is -0.729. The zero-order valence-electron chi connectivity index (χ0n) is 12.3. The molecule has 0 aliphatic carbocycles. The van der Waals surface area contributed by atoms with E-state index in [1.807, 2.05) is 0 Å². The fourth-order valence-electron chi connectivity index (χ4n) is 2.14. The van der Waals surface area contributed by atoms with Crippen LogP contribution in [0, 0.1) is 0 Å². The Morgan fingerprint density at radius 2 is 1.71 bits per heavy atom. The van der Waals surface area contributed by atoms with Crippen LogP contribution in [-0.2, 0) is 0 Å². The summed E-state index contributed by atoms with van der Waals surface area (Å²) in [5.74, 6) is -0.479. The first kappa shape index (κ1) is 15.8. The number of rotatable bonds is 3. The van der Waals surface area contributed by atoms with Gasteiger partial charge in [-0.25, -0.2) is 9.36 Å². The topological polar surface area (TPSA) is 87.5 Å². The van der Waals surface area contributed by atoms with E-state index < -0.39 is 17.1 Å². The first-order valence-electron chi connectivity index (χ1n) is 6.99. The standard InChI is InChI=1S/C17H12ClN3O3/c18-11-6-8-12(9-7-11)19-10-14-15(22)20-17(24)21(16(14)23)13-4-2-1-3-5-13/h1-10,23H,(H,20,22,24). The lowest BCUT2D eigenvalue weighted by atomic mass is 10.3. The van der Waals surface area contributed by atoms with Crippen molar-refractivity contribution in [3.63, 3.8) is 0 Å². The summed E-state index contributed by atoms with van der Waals surface area (Å²) in [4.78, 5) is 30.3. The number of hydrogen-bond acceptors (Lipinski definition) is 4. The highest BCUT2D eigenvalue weighted by Crippen LogP contribution is 2.18. The summed E-state index contributed by atoms with van der Waals surface area (Å²) in [6, 6.07) is 15.1. The molecule has 7 heteroatoms. The minimum absolute atomic E-state index is 0.117. The summed E-state index contributed by atoms with van der Waals surface area (Å²) in [5, 5.41) is 10.9. The van der Waals surface area contributed by atoms with E-state index in [0.717, 1.165) is 4.57 Å². The van der Waals surface area contributed by atoms with Crippen LogP contribution in [0.5, 0.6) is 5.88 Å². The molecule has 1 heterocycles. The summed E-state index contributed by atoms with van der Waals surface area (Å²) in [6.07, 6.45) is 1.20. The Balaban J connectivity index is 2.10. The number of aliphatic imine (C=N–C) groups is 1. The van der Waals surface area contributed by atoms with Crippen LogP contribution in [0.2, 0.25) is 5.02 Å². The molecule has 120 valence electrons. The minimum Gasteiger partial charge on any atom is -0.493 e. The lowest BCUT2D eigenvalue weighted by Gasteiger charge is -2.09. The number of halogens is 1. The molecule has 0 amide bonds. The molecular weight excluding hydrogens is 330 g/mol. The van der Waals surface area contributed by atoms with Gasteiger partial charge < -0.3 is 5.11 Å². The molecule has 0 saturated heterocycles. The van der Waals surface area contributed by atoms with Crippen molar-refractivity contribution >= 4 is 23.5 Å². The van der Waals surface area contributed by atoms with E-state index in [9.17, 15) is 14.7 Å². The van der Waals surface area contributed by atoms with Gasteiger partial charge >= 0.3 is 5.69 Å². The van der Waals surface area contributed by atoms with Gasteiger partial charge in [-0.1, -0.05) is 29.8 Å². The summed E-state index contributed by atoms with van der Waals surface area (Å²) < 4.78 is 1.00. The number of nitrogens with one attached hydrogen (secondary N) is 1. The van der Waals surface area contributed by atoms with Gasteiger partial charge in [0.15, 0.2) is 0 Å². The molecule has 0 radical (unpaired) electrons. The van der Waals surface area contributed by atoms with Crippen LogP contribution in [-0.4, -0.2) is 20.9 Å². The number of aromatic nitrogens is 2. The molecule has 3 rings (SSSR count). The van der Waals surface area contributed by atoms with Crippen LogP contribution in [0.4, 0.5) is 5.69 Å². The number of para-hydroxylation sites is 1. The number of aromatic hydroxyl groups is 1. The van der Waals surface area contributed by atoms with Gasteiger partial charge in [0.25, 0.3) is 5.56 Å². The van der Waals surface area contributed by atoms with Gasteiger partial charge in [-0.05, 0) is 36.4 Å². The number of benzene rings is 2. The molecule has 0 atom stereocenters. The molecule has 1 aromatic heterocycles. The lowest BCUT2D eigenvalue weighted by molar-refractivity contribution is 0.430. The summed E-state index contributed by atoms with van der Waals surface area (Å²) in [7, 11) is 0. The number of hydrogen-bond donors (Lipinski definition) is 2. The molecule has 0 aliphatic heterocycles. The molecule has 0 unspecified atom stereocenters. The van der Waals surface area contributed by atoms with E-state index in [1.54, 1.807) is 54.6 Å². The molecule has 2 aromatic carbocycles. The zero-order valence-corrected chi connectivity index (χ0v) is 13.1. The SMILES string of the molecule is O=c1[nH]c(=O)n(-c2ccccc2)c(O)c1C=Nc1ccc(Cl)cc1. The van der Waals surface area contributed by atoms with Crippen molar-refractivity contribution in [2.75, 3.05) is 0 Å². The maximum absolute atomic E-state index is 12.0. The molecule has 0 aliphatic rings. The molecule has 3 aromatic rings. The first-order chi connectivity index (χ1) is 11.6. The van der Waals surface area contributed by atoms with Gasteiger partial charge in [0, 0.05) is 11.2 Å². The largest absolute Gasteiger partial charge is 0.493 e. The Morgan fingerprint density at radius 3 is 2.38 bits per heavy atom. The Hall–Kier alpha value is -3.12. The number of nitrogens with zero attached hydrogens (tertiary/aromatic N) is 2. The average Bonchev–Trinajstić information content (AvgIpc) is 2.57. The molecule has 0 fully saturated rings.